The van der Waals surface area contributed by atoms with Gasteiger partial charge in [-0.3, -0.25) is 4.79 Å². The molecule has 3 heterocycles. The van der Waals surface area contributed by atoms with Gasteiger partial charge in [-0.25, -0.2) is 13.2 Å². The summed E-state index contributed by atoms with van der Waals surface area (Å²) in [6, 6.07) is 5.17. The van der Waals surface area contributed by atoms with Crippen LogP contribution in [0.25, 0.3) is 10.1 Å². The average molecular weight is 477 g/mol. The molecule has 1 fully saturated rings. The number of thiophene rings is 1. The summed E-state index contributed by atoms with van der Waals surface area (Å²) in [4.78, 5) is 16.3. The minimum Gasteiger partial charge on any atom is -0.361 e. The lowest BCUT2D eigenvalue weighted by atomic mass is 9.76. The molecule has 1 N–H and O–H groups in total. The molecule has 1 saturated heterocycles. The van der Waals surface area contributed by atoms with Crippen molar-refractivity contribution in [2.24, 2.45) is 5.41 Å². The number of likely N-dealkylation sites (tertiary alicyclic amines) is 1. The Balaban J connectivity index is 1.66. The Kier molecular flexibility index (Phi) is 6.46. The molecule has 3 aromatic rings. The van der Waals surface area contributed by atoms with Crippen LogP contribution in [-0.2, 0) is 0 Å². The summed E-state index contributed by atoms with van der Waals surface area (Å²) in [5.74, 6) is -0.417. The predicted octanol–water partition coefficient (Wildman–Crippen LogP) is 6.16. The second-order valence-electron chi connectivity index (χ2n) is 9.10. The molecular weight excluding hydrogens is 449 g/mol. The summed E-state index contributed by atoms with van der Waals surface area (Å²) in [7, 11) is 2.06. The molecule has 5 nitrogen and oxygen atoms in total. The first kappa shape index (κ1) is 23.6. The maximum Gasteiger partial charge on any atom is 0.266 e. The lowest BCUT2D eigenvalue weighted by Gasteiger charge is -2.36. The molecule has 176 valence electrons. The van der Waals surface area contributed by atoms with Crippen LogP contribution >= 0.6 is 11.3 Å². The number of carbonyl (C=O) groups is 1. The number of alkyl halides is 2. The highest BCUT2D eigenvalue weighted by Gasteiger charge is 2.37. The van der Waals surface area contributed by atoms with Crippen LogP contribution in [0.1, 0.15) is 65.6 Å². The van der Waals surface area contributed by atoms with Crippen LogP contribution in [0.4, 0.5) is 19.0 Å². The molecule has 0 radical (unpaired) electrons. The van der Waals surface area contributed by atoms with E-state index in [1.807, 2.05) is 19.9 Å². The smallest absolute Gasteiger partial charge is 0.266 e. The van der Waals surface area contributed by atoms with Gasteiger partial charge in [0.2, 0.25) is 0 Å². The molecule has 1 aliphatic heterocycles. The number of aryl methyl sites for hydroxylation is 1. The van der Waals surface area contributed by atoms with Crippen molar-refractivity contribution in [2.75, 3.05) is 25.5 Å². The molecule has 0 aliphatic carbocycles. The number of nitrogens with one attached hydrogen (secondary N) is 1. The molecule has 2 aromatic heterocycles. The first-order valence-corrected chi connectivity index (χ1v) is 11.8. The van der Waals surface area contributed by atoms with E-state index >= 15 is 0 Å². The summed E-state index contributed by atoms with van der Waals surface area (Å²) in [6.07, 6.45) is -1.29. The molecule has 0 bridgehead atoms. The van der Waals surface area contributed by atoms with Gasteiger partial charge < -0.3 is 10.2 Å². The molecule has 1 aromatic carbocycles. The van der Waals surface area contributed by atoms with E-state index in [-0.39, 0.29) is 11.3 Å². The van der Waals surface area contributed by atoms with E-state index in [4.69, 9.17) is 0 Å². The number of carbonyl (C=O) groups excluding carboxylic acids is 1. The number of hydrogen-bond donors (Lipinski definition) is 1. The lowest BCUT2D eigenvalue weighted by molar-refractivity contribution is 0.0683. The molecule has 1 atom stereocenters. The Morgan fingerprint density at radius 1 is 1.21 bits per heavy atom. The van der Waals surface area contributed by atoms with Crippen LogP contribution in [0.3, 0.4) is 0 Å². The van der Waals surface area contributed by atoms with Crippen molar-refractivity contribution >= 4 is 33.0 Å². The second kappa shape index (κ2) is 9.02. The Bertz CT molecular complexity index is 1190. The highest BCUT2D eigenvalue weighted by molar-refractivity contribution is 7.21. The van der Waals surface area contributed by atoms with E-state index in [0.717, 1.165) is 42.1 Å². The van der Waals surface area contributed by atoms with Crippen LogP contribution in [0.15, 0.2) is 24.3 Å². The number of hydrogen-bond acceptors (Lipinski definition) is 6. The predicted molar refractivity (Wildman–Crippen MR) is 125 cm³/mol. The Morgan fingerprint density at radius 2 is 1.88 bits per heavy atom. The summed E-state index contributed by atoms with van der Waals surface area (Å²) in [5, 5.41) is 12.3. The van der Waals surface area contributed by atoms with Crippen molar-refractivity contribution in [3.05, 3.63) is 51.8 Å². The third-order valence-corrected chi connectivity index (χ3v) is 7.83. The largest absolute Gasteiger partial charge is 0.361 e. The number of aromatic nitrogens is 2. The summed E-state index contributed by atoms with van der Waals surface area (Å²) >= 11 is 1.39. The van der Waals surface area contributed by atoms with E-state index in [2.05, 4.69) is 27.5 Å². The quantitative estimate of drug-likeness (QED) is 0.432. The SMILES string of the molecule is Cc1nnc(N[C@H](C)c2cccc(C(F)F)c2F)c2cc(C(=O)C3(C)CCN(C)CC3)sc12. The number of Topliss-reactive ketones (excluding diaryl/α,β-unsaturated/α-hetero) is 1. The van der Waals surface area contributed by atoms with Crippen LogP contribution in [0.2, 0.25) is 0 Å². The number of anilines is 1. The number of halogens is 3. The fraction of sp³-hybridized carbons (Fsp3) is 0.458. The zero-order valence-corrected chi connectivity index (χ0v) is 19.9. The van der Waals surface area contributed by atoms with Crippen molar-refractivity contribution in [2.45, 2.75) is 46.1 Å². The Morgan fingerprint density at radius 3 is 2.55 bits per heavy atom. The highest BCUT2D eigenvalue weighted by atomic mass is 32.1. The number of nitrogens with zero attached hydrogens (tertiary/aromatic N) is 3. The van der Waals surface area contributed by atoms with E-state index in [9.17, 15) is 18.0 Å². The first-order chi connectivity index (χ1) is 15.6. The molecule has 0 unspecified atom stereocenters. The van der Waals surface area contributed by atoms with Gasteiger partial charge in [-0.05, 0) is 52.9 Å². The summed E-state index contributed by atoms with van der Waals surface area (Å²) in [6.45, 7) is 7.29. The molecule has 9 heteroatoms. The van der Waals surface area contributed by atoms with Crippen molar-refractivity contribution < 1.29 is 18.0 Å². The van der Waals surface area contributed by atoms with Gasteiger partial charge in [0.15, 0.2) is 11.6 Å². The van der Waals surface area contributed by atoms with Gasteiger partial charge in [0.05, 0.1) is 26.9 Å². The van der Waals surface area contributed by atoms with Crippen molar-refractivity contribution in [1.29, 1.82) is 0 Å². The Labute approximate surface area is 195 Å². The van der Waals surface area contributed by atoms with Gasteiger partial charge in [0, 0.05) is 16.4 Å². The average Bonchev–Trinajstić information content (AvgIpc) is 3.23. The van der Waals surface area contributed by atoms with Gasteiger partial charge in [0.25, 0.3) is 6.43 Å². The molecule has 4 rings (SSSR count). The number of rotatable bonds is 6. The van der Waals surface area contributed by atoms with Crippen LogP contribution in [-0.4, -0.2) is 41.0 Å². The maximum absolute atomic E-state index is 14.6. The van der Waals surface area contributed by atoms with Crippen molar-refractivity contribution in [3.8, 4) is 0 Å². The zero-order chi connectivity index (χ0) is 23.9. The van der Waals surface area contributed by atoms with E-state index in [0.29, 0.717) is 16.4 Å². The normalized spacial score (nSPS) is 17.5. The summed E-state index contributed by atoms with van der Waals surface area (Å²) in [5.41, 5.74) is -0.224. The lowest BCUT2D eigenvalue weighted by Crippen LogP contribution is -2.40. The minimum atomic E-state index is -2.89. The maximum atomic E-state index is 14.6. The zero-order valence-electron chi connectivity index (χ0n) is 19.1. The van der Waals surface area contributed by atoms with Crippen LogP contribution in [0.5, 0.6) is 0 Å². The van der Waals surface area contributed by atoms with Gasteiger partial charge >= 0.3 is 0 Å². The fourth-order valence-electron chi connectivity index (χ4n) is 4.27. The van der Waals surface area contributed by atoms with Gasteiger partial charge in [-0.15, -0.1) is 16.4 Å². The number of benzene rings is 1. The fourth-order valence-corrected chi connectivity index (χ4v) is 5.46. The van der Waals surface area contributed by atoms with Crippen LogP contribution in [0, 0.1) is 18.2 Å². The first-order valence-electron chi connectivity index (χ1n) is 10.9. The molecule has 0 saturated carbocycles. The van der Waals surface area contributed by atoms with Gasteiger partial charge in [0.1, 0.15) is 5.82 Å². The van der Waals surface area contributed by atoms with E-state index < -0.39 is 29.3 Å². The standard InChI is InChI=1S/C24H27F3N4OS/c1-13(15-6-5-7-16(19(15)25)22(26)27)28-23-17-12-18(33-20(17)14(2)29-30-23)21(32)24(3)8-10-31(4)11-9-24/h5-7,12-13,22H,8-11H2,1-4H3,(H,28,30)/t13-/m1/s1. The number of fused-ring (bicyclic) bond motifs is 1. The highest BCUT2D eigenvalue weighted by Crippen LogP contribution is 2.40. The van der Waals surface area contributed by atoms with Crippen molar-refractivity contribution in [1.82, 2.24) is 15.1 Å². The molecule has 33 heavy (non-hydrogen) atoms. The van der Waals surface area contributed by atoms with Crippen LogP contribution < -0.4 is 5.32 Å². The van der Waals surface area contributed by atoms with Gasteiger partial charge in [-0.2, -0.15) is 5.10 Å². The van der Waals surface area contributed by atoms with Gasteiger partial charge in [-0.1, -0.05) is 25.1 Å². The molecule has 1 aliphatic rings. The molecule has 0 amide bonds. The number of ketones is 1. The Hall–Kier alpha value is -2.52. The van der Waals surface area contributed by atoms with E-state index in [1.165, 1.54) is 23.5 Å². The molecular formula is C24H27F3N4OS. The van der Waals surface area contributed by atoms with E-state index in [1.54, 1.807) is 6.92 Å². The molecule has 0 spiro atoms. The minimum absolute atomic E-state index is 0.117. The third kappa shape index (κ3) is 4.48. The second-order valence-corrected chi connectivity index (χ2v) is 10.1. The summed E-state index contributed by atoms with van der Waals surface area (Å²) < 4.78 is 41.7. The third-order valence-electron chi connectivity index (χ3n) is 6.59. The number of piperidine rings is 1. The topological polar surface area (TPSA) is 58.1 Å². The monoisotopic (exact) mass is 476 g/mol. The van der Waals surface area contributed by atoms with Crippen molar-refractivity contribution in [3.63, 3.8) is 0 Å².